The molecule has 0 aromatic rings. The Hall–Kier alpha value is 0.280. The lowest BCUT2D eigenvalue weighted by Gasteiger charge is -2.04. The van der Waals surface area contributed by atoms with Crippen LogP contribution in [0.1, 0.15) is 19.8 Å². The van der Waals surface area contributed by atoms with Crippen LogP contribution in [0, 0.1) is 0 Å². The normalized spacial score (nSPS) is 15.0. The van der Waals surface area contributed by atoms with Crippen LogP contribution in [0.25, 0.3) is 0 Å². The van der Waals surface area contributed by atoms with Crippen LogP contribution in [0.5, 0.6) is 0 Å². The average Bonchev–Trinajstić information content (AvgIpc) is 2.09. The molecule has 0 aliphatic rings. The molecule has 0 aromatic carbocycles. The standard InChI is InChI=1S/C7H14O4S3/c1-6(7(8)9)13-12-4-2-3-5-14(10)11/h6H,2-5H2,1H3,(H,8,9)(H,10,11). The van der Waals surface area contributed by atoms with Gasteiger partial charge in [0.2, 0.25) is 0 Å². The van der Waals surface area contributed by atoms with E-state index < -0.39 is 22.3 Å². The maximum atomic E-state index is 10.4. The lowest BCUT2D eigenvalue weighted by Crippen LogP contribution is -2.09. The first-order valence-corrected chi connectivity index (χ1v) is 7.78. The van der Waals surface area contributed by atoms with Crippen molar-refractivity contribution >= 4 is 38.6 Å². The second-order valence-electron chi connectivity index (χ2n) is 2.63. The SMILES string of the molecule is CC(SSCCCCS(=O)O)C(=O)O. The molecule has 0 aliphatic carbocycles. The van der Waals surface area contributed by atoms with Gasteiger partial charge in [-0.15, -0.1) is 0 Å². The minimum atomic E-state index is -1.70. The van der Waals surface area contributed by atoms with Gasteiger partial charge in [0.15, 0.2) is 11.1 Å². The summed E-state index contributed by atoms with van der Waals surface area (Å²) < 4.78 is 18.7. The molecule has 2 N–H and O–H groups in total. The molecule has 0 bridgehead atoms. The maximum absolute atomic E-state index is 10.4. The van der Waals surface area contributed by atoms with Crippen LogP contribution in [0.15, 0.2) is 0 Å². The van der Waals surface area contributed by atoms with Gasteiger partial charge in [-0.05, 0) is 19.8 Å². The highest BCUT2D eigenvalue weighted by molar-refractivity contribution is 8.77. The predicted octanol–water partition coefficient (Wildman–Crippen LogP) is 1.84. The van der Waals surface area contributed by atoms with E-state index in [1.807, 2.05) is 0 Å². The van der Waals surface area contributed by atoms with Gasteiger partial charge in [-0.3, -0.25) is 4.79 Å². The Balaban J connectivity index is 3.21. The van der Waals surface area contributed by atoms with Gasteiger partial charge in [0, 0.05) is 11.5 Å². The van der Waals surface area contributed by atoms with Gasteiger partial charge in [0.05, 0.1) is 0 Å². The summed E-state index contributed by atoms with van der Waals surface area (Å²) in [4.78, 5) is 10.4. The highest BCUT2D eigenvalue weighted by atomic mass is 33.1. The van der Waals surface area contributed by atoms with E-state index in [-0.39, 0.29) is 0 Å². The molecule has 0 rings (SSSR count). The summed E-state index contributed by atoms with van der Waals surface area (Å²) in [5.41, 5.74) is 0. The molecule has 0 saturated carbocycles. The monoisotopic (exact) mass is 258 g/mol. The molecule has 0 amide bonds. The first-order valence-electron chi connectivity index (χ1n) is 4.12. The smallest absolute Gasteiger partial charge is 0.317 e. The van der Waals surface area contributed by atoms with Gasteiger partial charge in [0.25, 0.3) is 0 Å². The number of hydrogen-bond acceptors (Lipinski definition) is 4. The third kappa shape index (κ3) is 8.86. The van der Waals surface area contributed by atoms with Crippen molar-refractivity contribution in [3.8, 4) is 0 Å². The molecule has 2 atom stereocenters. The van der Waals surface area contributed by atoms with Crippen molar-refractivity contribution in [2.45, 2.75) is 25.0 Å². The molecule has 2 unspecified atom stereocenters. The minimum Gasteiger partial charge on any atom is -0.480 e. The molecular weight excluding hydrogens is 244 g/mol. The van der Waals surface area contributed by atoms with Crippen molar-refractivity contribution in [2.24, 2.45) is 0 Å². The molecule has 84 valence electrons. The number of carbonyl (C=O) groups is 1. The van der Waals surface area contributed by atoms with Gasteiger partial charge >= 0.3 is 5.97 Å². The van der Waals surface area contributed by atoms with Crippen LogP contribution in [0.2, 0.25) is 0 Å². The van der Waals surface area contributed by atoms with E-state index in [0.717, 1.165) is 12.2 Å². The molecule has 7 heteroatoms. The molecule has 0 fully saturated rings. The molecule has 14 heavy (non-hydrogen) atoms. The first kappa shape index (κ1) is 14.3. The summed E-state index contributed by atoms with van der Waals surface area (Å²) in [5.74, 6) is 0.318. The second kappa shape index (κ2) is 8.58. The van der Waals surface area contributed by atoms with Crippen molar-refractivity contribution < 1.29 is 18.7 Å². The van der Waals surface area contributed by atoms with Gasteiger partial charge in [0.1, 0.15) is 5.25 Å². The second-order valence-corrected chi connectivity index (χ2v) is 6.51. The zero-order valence-electron chi connectivity index (χ0n) is 7.84. The van der Waals surface area contributed by atoms with Crippen LogP contribution < -0.4 is 0 Å². The fourth-order valence-electron chi connectivity index (χ4n) is 0.578. The van der Waals surface area contributed by atoms with Crippen LogP contribution in [0.3, 0.4) is 0 Å². The highest BCUT2D eigenvalue weighted by Gasteiger charge is 2.10. The van der Waals surface area contributed by atoms with Crippen molar-refractivity contribution in [1.29, 1.82) is 0 Å². The molecule has 0 heterocycles. The molecule has 0 radical (unpaired) electrons. The molecule has 0 saturated heterocycles. The predicted molar refractivity (Wildman–Crippen MR) is 62.0 cm³/mol. The Kier molecular flexibility index (Phi) is 8.75. The lowest BCUT2D eigenvalue weighted by molar-refractivity contribution is -0.136. The number of rotatable bonds is 8. The zero-order valence-corrected chi connectivity index (χ0v) is 10.3. The van der Waals surface area contributed by atoms with Gasteiger partial charge in [-0.25, -0.2) is 4.21 Å². The van der Waals surface area contributed by atoms with Crippen LogP contribution in [-0.4, -0.2) is 36.6 Å². The fraction of sp³-hybridized carbons (Fsp3) is 0.857. The molecule has 0 spiro atoms. The highest BCUT2D eigenvalue weighted by Crippen LogP contribution is 2.27. The molecule has 0 aromatic heterocycles. The third-order valence-electron chi connectivity index (χ3n) is 1.36. The van der Waals surface area contributed by atoms with Crippen molar-refractivity contribution in [3.05, 3.63) is 0 Å². The summed E-state index contributed by atoms with van der Waals surface area (Å²) in [5, 5.41) is 8.15. The summed E-state index contributed by atoms with van der Waals surface area (Å²) in [6.45, 7) is 1.64. The Bertz CT molecular complexity index is 197. The van der Waals surface area contributed by atoms with Crippen LogP contribution in [0.4, 0.5) is 0 Å². The third-order valence-corrected chi connectivity index (χ3v) is 4.85. The number of carboxylic acids is 1. The minimum absolute atomic E-state index is 0.305. The molecular formula is C7H14O4S3. The van der Waals surface area contributed by atoms with Gasteiger partial charge in [-0.1, -0.05) is 21.6 Å². The van der Waals surface area contributed by atoms with Crippen LogP contribution >= 0.6 is 21.6 Å². The lowest BCUT2D eigenvalue weighted by atomic mass is 10.4. The maximum Gasteiger partial charge on any atom is 0.317 e. The zero-order chi connectivity index (χ0) is 11.0. The van der Waals surface area contributed by atoms with E-state index in [1.165, 1.54) is 21.6 Å². The Morgan fingerprint density at radius 3 is 2.64 bits per heavy atom. The van der Waals surface area contributed by atoms with Crippen LogP contribution in [-0.2, 0) is 15.9 Å². The van der Waals surface area contributed by atoms with E-state index in [2.05, 4.69) is 0 Å². The van der Waals surface area contributed by atoms with Gasteiger partial charge in [-0.2, -0.15) is 0 Å². The first-order chi connectivity index (χ1) is 6.54. The molecule has 0 aliphatic heterocycles. The van der Waals surface area contributed by atoms with E-state index in [4.69, 9.17) is 9.66 Å². The van der Waals surface area contributed by atoms with Gasteiger partial charge < -0.3 is 9.66 Å². The quantitative estimate of drug-likeness (QED) is 0.393. The Morgan fingerprint density at radius 1 is 1.50 bits per heavy atom. The Labute approximate surface area is 93.9 Å². The summed E-state index contributed by atoms with van der Waals surface area (Å²) in [6.07, 6.45) is 1.55. The summed E-state index contributed by atoms with van der Waals surface area (Å²) >= 11 is -1.70. The van der Waals surface area contributed by atoms with Crippen molar-refractivity contribution in [2.75, 3.05) is 11.5 Å². The number of carboxylic acid groups (broad SMARTS) is 1. The fourth-order valence-corrected chi connectivity index (χ4v) is 3.24. The van der Waals surface area contributed by atoms with E-state index in [0.29, 0.717) is 12.2 Å². The number of aliphatic carboxylic acids is 1. The van der Waals surface area contributed by atoms with E-state index >= 15 is 0 Å². The summed E-state index contributed by atoms with van der Waals surface area (Å²) in [6, 6.07) is 0. The van der Waals surface area contributed by atoms with Crippen molar-refractivity contribution in [3.63, 3.8) is 0 Å². The van der Waals surface area contributed by atoms with E-state index in [9.17, 15) is 9.00 Å². The number of hydrogen-bond donors (Lipinski definition) is 2. The Morgan fingerprint density at radius 2 is 2.14 bits per heavy atom. The summed E-state index contributed by atoms with van der Waals surface area (Å²) in [7, 11) is 2.82. The molecule has 4 nitrogen and oxygen atoms in total. The topological polar surface area (TPSA) is 74.6 Å². The average molecular weight is 258 g/mol. The number of unbranched alkanes of at least 4 members (excludes halogenated alkanes) is 1. The van der Waals surface area contributed by atoms with E-state index in [1.54, 1.807) is 6.92 Å². The van der Waals surface area contributed by atoms with Crippen molar-refractivity contribution in [1.82, 2.24) is 0 Å². The largest absolute Gasteiger partial charge is 0.480 e.